The van der Waals surface area contributed by atoms with Gasteiger partial charge in [0.15, 0.2) is 0 Å². The van der Waals surface area contributed by atoms with E-state index in [1.165, 1.54) is 0 Å². The van der Waals surface area contributed by atoms with E-state index in [2.05, 4.69) is 31.0 Å². The molecular formula is C12H22N2OS. The van der Waals surface area contributed by atoms with Gasteiger partial charge in [0.05, 0.1) is 5.92 Å². The third-order valence-corrected chi connectivity index (χ3v) is 4.87. The first-order valence-electron chi connectivity index (χ1n) is 6.13. The van der Waals surface area contributed by atoms with Crippen LogP contribution in [0.2, 0.25) is 0 Å². The molecule has 0 radical (unpaired) electrons. The van der Waals surface area contributed by atoms with Crippen molar-refractivity contribution in [3.05, 3.63) is 0 Å². The van der Waals surface area contributed by atoms with E-state index in [1.807, 2.05) is 11.8 Å². The molecule has 0 saturated carbocycles. The summed E-state index contributed by atoms with van der Waals surface area (Å²) >= 11 is 1.98. The predicted molar refractivity (Wildman–Crippen MR) is 68.6 cm³/mol. The summed E-state index contributed by atoms with van der Waals surface area (Å²) in [6.07, 6.45) is 0. The summed E-state index contributed by atoms with van der Waals surface area (Å²) < 4.78 is 0.225. The number of hydrogen-bond acceptors (Lipinski definition) is 3. The van der Waals surface area contributed by atoms with Crippen molar-refractivity contribution < 1.29 is 4.79 Å². The van der Waals surface area contributed by atoms with Crippen LogP contribution in [0.1, 0.15) is 20.8 Å². The molecule has 2 heterocycles. The number of carbonyl (C=O) groups is 1. The van der Waals surface area contributed by atoms with Gasteiger partial charge in [-0.25, -0.2) is 0 Å². The number of nitrogens with one attached hydrogen (secondary N) is 1. The second-order valence-electron chi connectivity index (χ2n) is 5.61. The molecule has 16 heavy (non-hydrogen) atoms. The highest BCUT2D eigenvalue weighted by Crippen LogP contribution is 2.31. The highest BCUT2D eigenvalue weighted by Gasteiger charge is 2.36. The third kappa shape index (κ3) is 2.54. The molecule has 2 aliphatic rings. The second kappa shape index (κ2) is 4.57. The van der Waals surface area contributed by atoms with Gasteiger partial charge in [-0.15, -0.1) is 0 Å². The Labute approximate surface area is 102 Å². The lowest BCUT2D eigenvalue weighted by Crippen LogP contribution is -2.49. The maximum absolute atomic E-state index is 12.4. The summed E-state index contributed by atoms with van der Waals surface area (Å²) in [5, 5.41) is 3.31. The minimum absolute atomic E-state index is 0.207. The zero-order chi connectivity index (χ0) is 11.8. The first-order chi connectivity index (χ1) is 7.49. The quantitative estimate of drug-likeness (QED) is 0.750. The smallest absolute Gasteiger partial charge is 0.227 e. The van der Waals surface area contributed by atoms with Gasteiger partial charge in [0.2, 0.25) is 5.91 Å². The van der Waals surface area contributed by atoms with Gasteiger partial charge < -0.3 is 10.2 Å². The van der Waals surface area contributed by atoms with Gasteiger partial charge in [0.1, 0.15) is 0 Å². The molecular weight excluding hydrogens is 220 g/mol. The largest absolute Gasteiger partial charge is 0.340 e. The fourth-order valence-corrected chi connectivity index (χ4v) is 3.69. The zero-order valence-corrected chi connectivity index (χ0v) is 11.3. The molecule has 0 bridgehead atoms. The van der Waals surface area contributed by atoms with Crippen LogP contribution in [0.4, 0.5) is 0 Å². The Hall–Kier alpha value is -0.220. The highest BCUT2D eigenvalue weighted by atomic mass is 32.2. The van der Waals surface area contributed by atoms with Crippen LogP contribution in [0.25, 0.3) is 0 Å². The van der Waals surface area contributed by atoms with Crippen LogP contribution in [-0.4, -0.2) is 47.5 Å². The van der Waals surface area contributed by atoms with E-state index in [9.17, 15) is 4.79 Å². The van der Waals surface area contributed by atoms with E-state index < -0.39 is 0 Å². The van der Waals surface area contributed by atoms with Crippen molar-refractivity contribution in [3.8, 4) is 0 Å². The van der Waals surface area contributed by atoms with Crippen molar-refractivity contribution in [2.24, 2.45) is 11.8 Å². The van der Waals surface area contributed by atoms with Gasteiger partial charge in [-0.1, -0.05) is 6.92 Å². The van der Waals surface area contributed by atoms with E-state index in [0.29, 0.717) is 11.8 Å². The van der Waals surface area contributed by atoms with E-state index in [4.69, 9.17) is 0 Å². The Kier molecular flexibility index (Phi) is 3.50. The number of nitrogens with zero attached hydrogens (tertiary/aromatic N) is 1. The minimum Gasteiger partial charge on any atom is -0.340 e. The fraction of sp³-hybridized carbons (Fsp3) is 0.917. The molecule has 2 aliphatic heterocycles. The number of rotatable bonds is 1. The number of amides is 1. The molecule has 0 aromatic carbocycles. The van der Waals surface area contributed by atoms with Crippen LogP contribution in [0.5, 0.6) is 0 Å². The number of hydrogen-bond donors (Lipinski definition) is 1. The molecule has 3 nitrogen and oxygen atoms in total. The molecule has 0 unspecified atom stereocenters. The lowest BCUT2D eigenvalue weighted by Gasteiger charge is -2.39. The summed E-state index contributed by atoms with van der Waals surface area (Å²) in [5.74, 6) is 2.14. The van der Waals surface area contributed by atoms with Crippen LogP contribution in [-0.2, 0) is 4.79 Å². The van der Waals surface area contributed by atoms with Crippen molar-refractivity contribution in [1.29, 1.82) is 0 Å². The Morgan fingerprint density at radius 3 is 2.75 bits per heavy atom. The highest BCUT2D eigenvalue weighted by molar-refractivity contribution is 8.00. The lowest BCUT2D eigenvalue weighted by atomic mass is 9.96. The maximum Gasteiger partial charge on any atom is 0.227 e. The molecule has 2 atom stereocenters. The third-order valence-electron chi connectivity index (χ3n) is 3.57. The molecule has 1 amide bonds. The van der Waals surface area contributed by atoms with Gasteiger partial charge in [0.25, 0.3) is 0 Å². The van der Waals surface area contributed by atoms with Crippen LogP contribution in [0.15, 0.2) is 0 Å². The van der Waals surface area contributed by atoms with Crippen molar-refractivity contribution in [1.82, 2.24) is 10.2 Å². The van der Waals surface area contributed by atoms with Gasteiger partial charge in [-0.3, -0.25) is 4.79 Å². The van der Waals surface area contributed by atoms with Crippen LogP contribution in [0.3, 0.4) is 0 Å². The van der Waals surface area contributed by atoms with Crippen LogP contribution >= 0.6 is 11.8 Å². The number of carbonyl (C=O) groups excluding carboxylic acids is 1. The summed E-state index contributed by atoms with van der Waals surface area (Å²) in [6, 6.07) is 0. The molecule has 92 valence electrons. The lowest BCUT2D eigenvalue weighted by molar-refractivity contribution is -0.136. The van der Waals surface area contributed by atoms with E-state index in [1.54, 1.807) is 0 Å². The first kappa shape index (κ1) is 12.2. The first-order valence-corrected chi connectivity index (χ1v) is 7.12. The Morgan fingerprint density at radius 1 is 1.44 bits per heavy atom. The second-order valence-corrected chi connectivity index (χ2v) is 7.41. The maximum atomic E-state index is 12.4. The van der Waals surface area contributed by atoms with Crippen LogP contribution < -0.4 is 5.32 Å². The van der Waals surface area contributed by atoms with Crippen molar-refractivity contribution in [2.75, 3.05) is 31.9 Å². The summed E-state index contributed by atoms with van der Waals surface area (Å²) in [4.78, 5) is 14.4. The van der Waals surface area contributed by atoms with Gasteiger partial charge >= 0.3 is 0 Å². The summed E-state index contributed by atoms with van der Waals surface area (Å²) in [6.45, 7) is 10.3. The van der Waals surface area contributed by atoms with Gasteiger partial charge in [0, 0.05) is 30.1 Å². The molecule has 1 N–H and O–H groups in total. The fourth-order valence-electron chi connectivity index (χ4n) is 2.58. The molecule has 2 saturated heterocycles. The molecule has 2 rings (SSSR count). The standard InChI is InChI=1S/C12H22N2OS/c1-9-6-13-7-10(9)11(15)14-4-5-16-12(2,3)8-14/h9-10,13H,4-8H2,1-3H3/t9-,10-/m1/s1. The van der Waals surface area contributed by atoms with Crippen molar-refractivity contribution in [3.63, 3.8) is 0 Å². The topological polar surface area (TPSA) is 32.3 Å². The minimum atomic E-state index is 0.207. The molecule has 4 heteroatoms. The van der Waals surface area contributed by atoms with Crippen molar-refractivity contribution >= 4 is 17.7 Å². The summed E-state index contributed by atoms with van der Waals surface area (Å²) in [5.41, 5.74) is 0. The Balaban J connectivity index is 1.99. The average molecular weight is 242 g/mol. The van der Waals surface area contributed by atoms with Gasteiger partial charge in [-0.05, 0) is 26.3 Å². The molecule has 0 aliphatic carbocycles. The van der Waals surface area contributed by atoms with Crippen molar-refractivity contribution in [2.45, 2.75) is 25.5 Å². The molecule has 2 fully saturated rings. The SMILES string of the molecule is C[C@@H]1CNC[C@H]1C(=O)N1CCSC(C)(C)C1. The normalized spacial score (nSPS) is 34.1. The van der Waals surface area contributed by atoms with E-state index in [-0.39, 0.29) is 10.7 Å². The Bertz CT molecular complexity index is 280. The average Bonchev–Trinajstić information content (AvgIpc) is 2.62. The van der Waals surface area contributed by atoms with E-state index in [0.717, 1.165) is 31.9 Å². The zero-order valence-electron chi connectivity index (χ0n) is 10.5. The van der Waals surface area contributed by atoms with E-state index >= 15 is 0 Å². The number of thioether (sulfide) groups is 1. The molecule has 0 aromatic rings. The molecule has 0 aromatic heterocycles. The summed E-state index contributed by atoms with van der Waals surface area (Å²) in [7, 11) is 0. The van der Waals surface area contributed by atoms with Gasteiger partial charge in [-0.2, -0.15) is 11.8 Å². The Morgan fingerprint density at radius 2 is 2.19 bits per heavy atom. The monoisotopic (exact) mass is 242 g/mol. The van der Waals surface area contributed by atoms with Crippen LogP contribution in [0, 0.1) is 11.8 Å². The predicted octanol–water partition coefficient (Wildman–Crippen LogP) is 1.20. The molecule has 0 spiro atoms.